The first-order chi connectivity index (χ1) is 7.47. The minimum atomic E-state index is -4.38. The third kappa shape index (κ3) is 9.33. The van der Waals surface area contributed by atoms with Crippen molar-refractivity contribution in [1.29, 1.82) is 0 Å². The van der Waals surface area contributed by atoms with E-state index in [4.69, 9.17) is 5.11 Å². The highest BCUT2D eigenvalue weighted by Gasteiger charge is 2.28. The first kappa shape index (κ1) is 16.6. The van der Waals surface area contributed by atoms with E-state index in [1.807, 2.05) is 4.72 Å². The fraction of sp³-hybridized carbons (Fsp3) is 1.00. The van der Waals surface area contributed by atoms with Crippen LogP contribution in [0.5, 0.6) is 0 Å². The zero-order valence-corrected chi connectivity index (χ0v) is 10.1. The van der Waals surface area contributed by atoms with Gasteiger partial charge in [0.2, 0.25) is 10.0 Å². The van der Waals surface area contributed by atoms with Gasteiger partial charge in [-0.25, -0.2) is 13.1 Å². The number of halogens is 3. The largest absolute Gasteiger partial charge is 0.393 e. The molecule has 0 aliphatic rings. The first-order valence-electron chi connectivity index (χ1n) is 4.85. The molecule has 5 nitrogen and oxygen atoms in total. The van der Waals surface area contributed by atoms with Crippen molar-refractivity contribution >= 4 is 10.0 Å². The van der Waals surface area contributed by atoms with E-state index in [0.717, 1.165) is 0 Å². The minimum Gasteiger partial charge on any atom is -0.393 e. The van der Waals surface area contributed by atoms with E-state index in [-0.39, 0.29) is 0 Å². The van der Waals surface area contributed by atoms with Crippen molar-refractivity contribution < 1.29 is 31.8 Å². The monoisotopic (exact) mass is 279 g/mol. The number of aliphatic hydroxyl groups is 2. The summed E-state index contributed by atoms with van der Waals surface area (Å²) in [6.45, 7) is 0.0984. The maximum atomic E-state index is 11.8. The van der Waals surface area contributed by atoms with Gasteiger partial charge in [0.25, 0.3) is 0 Å². The van der Waals surface area contributed by atoms with E-state index in [1.54, 1.807) is 0 Å². The first-order valence-corrected chi connectivity index (χ1v) is 6.50. The molecule has 1 unspecified atom stereocenters. The molecule has 1 atom stereocenters. The van der Waals surface area contributed by atoms with Crippen molar-refractivity contribution in [3.05, 3.63) is 0 Å². The van der Waals surface area contributed by atoms with Gasteiger partial charge in [0.05, 0.1) is 18.0 Å². The minimum absolute atomic E-state index is 0.447. The Labute approximate surface area is 97.7 Å². The lowest BCUT2D eigenvalue weighted by Crippen LogP contribution is -2.43. The molecule has 0 aromatic carbocycles. The normalized spacial score (nSPS) is 16.8. The van der Waals surface area contributed by atoms with Crippen molar-refractivity contribution in [2.75, 3.05) is 18.9 Å². The van der Waals surface area contributed by atoms with E-state index in [1.165, 1.54) is 6.92 Å². The molecule has 0 heterocycles. The summed E-state index contributed by atoms with van der Waals surface area (Å²) in [7, 11) is -3.87. The molecule has 0 bridgehead atoms. The molecule has 0 amide bonds. The van der Waals surface area contributed by atoms with Crippen LogP contribution in [0.25, 0.3) is 0 Å². The summed E-state index contributed by atoms with van der Waals surface area (Å²) in [5.41, 5.74) is -1.63. The fourth-order valence-corrected chi connectivity index (χ4v) is 2.06. The highest BCUT2D eigenvalue weighted by molar-refractivity contribution is 7.89. The molecule has 9 heteroatoms. The molecule has 0 aromatic rings. The summed E-state index contributed by atoms with van der Waals surface area (Å²) >= 11 is 0. The van der Waals surface area contributed by atoms with Crippen LogP contribution in [0.4, 0.5) is 13.2 Å². The Morgan fingerprint density at radius 1 is 1.29 bits per heavy atom. The molecule has 104 valence electrons. The molecule has 0 aromatic heterocycles. The van der Waals surface area contributed by atoms with E-state index in [2.05, 4.69) is 0 Å². The third-order valence-electron chi connectivity index (χ3n) is 1.89. The second-order valence-corrected chi connectivity index (χ2v) is 5.94. The lowest BCUT2D eigenvalue weighted by atomic mass is 10.1. The zero-order chi connectivity index (χ0) is 13.7. The van der Waals surface area contributed by atoms with Gasteiger partial charge < -0.3 is 10.2 Å². The second kappa shape index (κ2) is 5.98. The van der Waals surface area contributed by atoms with Crippen LogP contribution in [-0.4, -0.2) is 49.3 Å². The van der Waals surface area contributed by atoms with Crippen LogP contribution >= 0.6 is 0 Å². The average molecular weight is 279 g/mol. The number of aliphatic hydroxyl groups excluding tert-OH is 1. The van der Waals surface area contributed by atoms with Crippen molar-refractivity contribution in [2.45, 2.75) is 31.5 Å². The van der Waals surface area contributed by atoms with Crippen LogP contribution in [0, 0.1) is 0 Å². The predicted octanol–water partition coefficient (Wildman–Crippen LogP) is -0.00840. The fourth-order valence-electron chi connectivity index (χ4n) is 0.856. The molecule has 0 saturated heterocycles. The maximum absolute atomic E-state index is 11.8. The Morgan fingerprint density at radius 3 is 2.24 bits per heavy atom. The van der Waals surface area contributed by atoms with Crippen molar-refractivity contribution in [2.24, 2.45) is 0 Å². The van der Waals surface area contributed by atoms with Gasteiger partial charge in [-0.2, -0.15) is 13.2 Å². The SMILES string of the molecule is CC(O)(CO)CNS(=O)(=O)CCCC(F)(F)F. The van der Waals surface area contributed by atoms with E-state index in [9.17, 15) is 26.7 Å². The molecular weight excluding hydrogens is 263 g/mol. The Morgan fingerprint density at radius 2 is 1.82 bits per heavy atom. The third-order valence-corrected chi connectivity index (χ3v) is 3.30. The van der Waals surface area contributed by atoms with E-state index >= 15 is 0 Å². The van der Waals surface area contributed by atoms with Gasteiger partial charge in [-0.1, -0.05) is 0 Å². The average Bonchev–Trinajstić information content (AvgIpc) is 2.13. The van der Waals surface area contributed by atoms with Gasteiger partial charge in [0.1, 0.15) is 0 Å². The number of hydrogen-bond donors (Lipinski definition) is 3. The predicted molar refractivity (Wildman–Crippen MR) is 54.8 cm³/mol. The highest BCUT2D eigenvalue weighted by atomic mass is 32.2. The van der Waals surface area contributed by atoms with Crippen LogP contribution < -0.4 is 4.72 Å². The standard InChI is InChI=1S/C8H16F3NO4S/c1-7(14,6-13)5-12-17(15,16)4-2-3-8(9,10)11/h12-14H,2-6H2,1H3. The smallest absolute Gasteiger partial charge is 0.389 e. The lowest BCUT2D eigenvalue weighted by Gasteiger charge is -2.20. The van der Waals surface area contributed by atoms with Crippen LogP contribution in [-0.2, 0) is 10.0 Å². The molecule has 17 heavy (non-hydrogen) atoms. The van der Waals surface area contributed by atoms with Gasteiger partial charge >= 0.3 is 6.18 Å². The lowest BCUT2D eigenvalue weighted by molar-refractivity contribution is -0.134. The molecule has 3 N–H and O–H groups in total. The topological polar surface area (TPSA) is 86.6 Å². The molecule has 0 spiro atoms. The van der Waals surface area contributed by atoms with Crippen molar-refractivity contribution in [3.63, 3.8) is 0 Å². The van der Waals surface area contributed by atoms with E-state index in [0.29, 0.717) is 0 Å². The summed E-state index contributed by atoms with van der Waals surface area (Å²) in [4.78, 5) is 0. The highest BCUT2D eigenvalue weighted by Crippen LogP contribution is 2.21. The summed E-state index contributed by atoms with van der Waals surface area (Å²) < 4.78 is 59.7. The van der Waals surface area contributed by atoms with Gasteiger partial charge in [-0.3, -0.25) is 0 Å². The summed E-state index contributed by atoms with van der Waals surface area (Å²) in [6, 6.07) is 0. The van der Waals surface area contributed by atoms with Crippen LogP contribution in [0.2, 0.25) is 0 Å². The van der Waals surface area contributed by atoms with Crippen LogP contribution in [0.15, 0.2) is 0 Å². The Bertz CT molecular complexity index is 326. The number of rotatable bonds is 7. The van der Waals surface area contributed by atoms with Gasteiger partial charge in [-0.05, 0) is 13.3 Å². The number of nitrogens with one attached hydrogen (secondary N) is 1. The molecular formula is C8H16F3NO4S. The summed E-state index contributed by atoms with van der Waals surface area (Å²) in [5, 5.41) is 17.9. The van der Waals surface area contributed by atoms with Crippen molar-refractivity contribution in [1.82, 2.24) is 4.72 Å². The molecule has 0 aliphatic carbocycles. The maximum Gasteiger partial charge on any atom is 0.389 e. The molecule has 0 saturated carbocycles. The Hall–Kier alpha value is -0.380. The molecule has 0 radical (unpaired) electrons. The van der Waals surface area contributed by atoms with Gasteiger partial charge in [-0.15, -0.1) is 0 Å². The zero-order valence-electron chi connectivity index (χ0n) is 9.29. The van der Waals surface area contributed by atoms with Crippen molar-refractivity contribution in [3.8, 4) is 0 Å². The van der Waals surface area contributed by atoms with Crippen LogP contribution in [0.3, 0.4) is 0 Å². The second-order valence-electron chi connectivity index (χ2n) is 4.01. The summed E-state index contributed by atoms with van der Waals surface area (Å²) in [6.07, 6.45) is -6.10. The van der Waals surface area contributed by atoms with E-state index < -0.39 is 53.5 Å². The van der Waals surface area contributed by atoms with Gasteiger partial charge in [0.15, 0.2) is 0 Å². The summed E-state index contributed by atoms with van der Waals surface area (Å²) in [5.74, 6) is -0.673. The molecule has 0 fully saturated rings. The van der Waals surface area contributed by atoms with Gasteiger partial charge in [0, 0.05) is 13.0 Å². The Kier molecular flexibility index (Phi) is 5.85. The number of hydrogen-bond acceptors (Lipinski definition) is 4. The number of alkyl halides is 3. The Balaban J connectivity index is 4.06. The molecule has 0 aliphatic heterocycles. The molecule has 0 rings (SSSR count). The quantitative estimate of drug-likeness (QED) is 0.612. The number of sulfonamides is 1. The van der Waals surface area contributed by atoms with Crippen LogP contribution in [0.1, 0.15) is 19.8 Å².